The van der Waals surface area contributed by atoms with Gasteiger partial charge in [0.05, 0.1) is 11.7 Å². The van der Waals surface area contributed by atoms with Gasteiger partial charge in [0.2, 0.25) is 5.69 Å². The number of carbonyl (C=O) groups is 1. The number of aromatic nitrogens is 6. The monoisotopic (exact) mass is 321 g/mol. The van der Waals surface area contributed by atoms with Crippen LogP contribution in [0.2, 0.25) is 0 Å². The summed E-state index contributed by atoms with van der Waals surface area (Å²) in [4.78, 5) is 24.0. The molecule has 0 bridgehead atoms. The second kappa shape index (κ2) is 5.23. The van der Waals surface area contributed by atoms with Gasteiger partial charge in [-0.05, 0) is 25.1 Å². The standard InChI is InChI=1S/C15H11N7O2/c1-8-6-9(2-5-17-8)18-13-10-3-4-16-7-11(10)22-14(19-13)12(15(23)24)20-21-22/h2-7H,1H3,(H,23,24)(H,17,18,19). The molecule has 0 amide bonds. The number of carboxylic acids is 1. The van der Waals surface area contributed by atoms with E-state index in [1.54, 1.807) is 30.7 Å². The molecule has 4 aromatic heterocycles. The highest BCUT2D eigenvalue weighted by Crippen LogP contribution is 2.25. The van der Waals surface area contributed by atoms with Crippen molar-refractivity contribution in [1.29, 1.82) is 0 Å². The Labute approximate surface area is 135 Å². The third-order valence-electron chi connectivity index (χ3n) is 3.51. The largest absolute Gasteiger partial charge is 0.476 e. The van der Waals surface area contributed by atoms with E-state index >= 15 is 0 Å². The molecule has 4 heterocycles. The van der Waals surface area contributed by atoms with Gasteiger partial charge < -0.3 is 10.4 Å². The minimum absolute atomic E-state index is 0.149. The molecule has 0 radical (unpaired) electrons. The van der Waals surface area contributed by atoms with Crippen LogP contribution in [0, 0.1) is 6.92 Å². The van der Waals surface area contributed by atoms with E-state index in [0.717, 1.165) is 16.8 Å². The van der Waals surface area contributed by atoms with Gasteiger partial charge in [-0.25, -0.2) is 9.78 Å². The first-order valence-corrected chi connectivity index (χ1v) is 7.05. The smallest absolute Gasteiger partial charge is 0.360 e. The number of nitrogens with one attached hydrogen (secondary N) is 1. The molecule has 0 spiro atoms. The van der Waals surface area contributed by atoms with Crippen LogP contribution in [0.25, 0.3) is 16.6 Å². The molecule has 118 valence electrons. The fourth-order valence-electron chi connectivity index (χ4n) is 2.45. The average molecular weight is 321 g/mol. The summed E-state index contributed by atoms with van der Waals surface area (Å²) in [5.74, 6) is -0.693. The highest BCUT2D eigenvalue weighted by molar-refractivity contribution is 5.97. The predicted octanol–water partition coefficient (Wildman–Crippen LogP) is 1.82. The molecule has 9 heteroatoms. The minimum Gasteiger partial charge on any atom is -0.476 e. The number of hydrogen-bond acceptors (Lipinski definition) is 7. The summed E-state index contributed by atoms with van der Waals surface area (Å²) < 4.78 is 1.37. The summed E-state index contributed by atoms with van der Waals surface area (Å²) in [5, 5.41) is 20.8. The molecule has 4 aromatic rings. The fourth-order valence-corrected chi connectivity index (χ4v) is 2.45. The number of anilines is 2. The molecule has 0 aliphatic carbocycles. The summed E-state index contributed by atoms with van der Waals surface area (Å²) in [6.45, 7) is 1.88. The van der Waals surface area contributed by atoms with Crippen LogP contribution in [0.5, 0.6) is 0 Å². The van der Waals surface area contributed by atoms with Gasteiger partial charge in [0.15, 0.2) is 5.65 Å². The van der Waals surface area contributed by atoms with Crippen molar-refractivity contribution in [3.05, 3.63) is 48.2 Å². The molecule has 2 N–H and O–H groups in total. The summed E-state index contributed by atoms with van der Waals surface area (Å²) >= 11 is 0. The molecule has 9 nitrogen and oxygen atoms in total. The van der Waals surface area contributed by atoms with Gasteiger partial charge in [0.25, 0.3) is 0 Å². The van der Waals surface area contributed by atoms with Crippen molar-refractivity contribution in [2.24, 2.45) is 0 Å². The zero-order chi connectivity index (χ0) is 16.7. The van der Waals surface area contributed by atoms with Crippen molar-refractivity contribution in [2.75, 3.05) is 5.32 Å². The average Bonchev–Trinajstić information content (AvgIpc) is 2.99. The third-order valence-corrected chi connectivity index (χ3v) is 3.51. The summed E-state index contributed by atoms with van der Waals surface area (Å²) in [6, 6.07) is 5.45. The molecule has 4 rings (SSSR count). The third kappa shape index (κ3) is 2.19. The molecule has 0 saturated carbocycles. The van der Waals surface area contributed by atoms with E-state index in [1.165, 1.54) is 4.52 Å². The van der Waals surface area contributed by atoms with E-state index in [1.807, 2.05) is 13.0 Å². The number of fused-ring (bicyclic) bond motifs is 3. The Bertz CT molecular complexity index is 1090. The molecule has 0 fully saturated rings. The summed E-state index contributed by atoms with van der Waals surface area (Å²) in [7, 11) is 0. The SMILES string of the molecule is Cc1cc(Nc2nc3c(C(=O)O)nnn3c3cnccc23)ccn1. The minimum atomic E-state index is -1.19. The zero-order valence-corrected chi connectivity index (χ0v) is 12.5. The number of aryl methyl sites for hydroxylation is 1. The van der Waals surface area contributed by atoms with E-state index in [-0.39, 0.29) is 11.3 Å². The lowest BCUT2D eigenvalue weighted by Crippen LogP contribution is -2.03. The lowest BCUT2D eigenvalue weighted by atomic mass is 10.2. The van der Waals surface area contributed by atoms with Crippen LogP contribution in [0.4, 0.5) is 11.5 Å². The molecular formula is C15H11N7O2. The second-order valence-corrected chi connectivity index (χ2v) is 5.14. The maximum atomic E-state index is 11.3. The first-order valence-electron chi connectivity index (χ1n) is 7.05. The molecule has 24 heavy (non-hydrogen) atoms. The topological polar surface area (TPSA) is 118 Å². The van der Waals surface area contributed by atoms with E-state index in [0.29, 0.717) is 11.3 Å². The highest BCUT2D eigenvalue weighted by Gasteiger charge is 2.19. The van der Waals surface area contributed by atoms with E-state index < -0.39 is 5.97 Å². The van der Waals surface area contributed by atoms with Gasteiger partial charge in [-0.3, -0.25) is 9.97 Å². The molecule has 0 aliphatic rings. The molecule has 0 unspecified atom stereocenters. The number of carboxylic acid groups (broad SMARTS) is 1. The Morgan fingerprint density at radius 2 is 2.17 bits per heavy atom. The number of hydrogen-bond donors (Lipinski definition) is 2. The van der Waals surface area contributed by atoms with E-state index in [2.05, 4.69) is 30.6 Å². The molecule has 0 aromatic carbocycles. The quantitative estimate of drug-likeness (QED) is 0.586. The van der Waals surface area contributed by atoms with Crippen molar-refractivity contribution in [2.45, 2.75) is 6.92 Å². The lowest BCUT2D eigenvalue weighted by Gasteiger charge is -2.10. The van der Waals surface area contributed by atoms with Crippen LogP contribution in [-0.2, 0) is 0 Å². The maximum Gasteiger partial charge on any atom is 0.360 e. The van der Waals surface area contributed by atoms with E-state index in [4.69, 9.17) is 0 Å². The van der Waals surface area contributed by atoms with Crippen molar-refractivity contribution in [3.63, 3.8) is 0 Å². The van der Waals surface area contributed by atoms with E-state index in [9.17, 15) is 9.90 Å². The Morgan fingerprint density at radius 3 is 2.96 bits per heavy atom. The Morgan fingerprint density at radius 1 is 1.29 bits per heavy atom. The normalized spacial score (nSPS) is 11.0. The van der Waals surface area contributed by atoms with Gasteiger partial charge in [0, 0.05) is 29.2 Å². The fraction of sp³-hybridized carbons (Fsp3) is 0.0667. The maximum absolute atomic E-state index is 11.3. The van der Waals surface area contributed by atoms with Gasteiger partial charge >= 0.3 is 5.97 Å². The van der Waals surface area contributed by atoms with Gasteiger partial charge in [-0.2, -0.15) is 4.52 Å². The van der Waals surface area contributed by atoms with Crippen LogP contribution in [0.1, 0.15) is 16.2 Å². The van der Waals surface area contributed by atoms with Gasteiger partial charge in [-0.15, -0.1) is 5.10 Å². The first kappa shape index (κ1) is 14.0. The predicted molar refractivity (Wildman–Crippen MR) is 85.3 cm³/mol. The van der Waals surface area contributed by atoms with Crippen LogP contribution in [0.3, 0.4) is 0 Å². The number of rotatable bonds is 3. The van der Waals surface area contributed by atoms with Crippen molar-refractivity contribution >= 4 is 34.0 Å². The molecule has 0 aliphatic heterocycles. The van der Waals surface area contributed by atoms with Crippen molar-refractivity contribution in [3.8, 4) is 0 Å². The van der Waals surface area contributed by atoms with Crippen LogP contribution in [0.15, 0.2) is 36.8 Å². The number of nitrogens with zero attached hydrogens (tertiary/aromatic N) is 6. The number of pyridine rings is 2. The summed E-state index contributed by atoms with van der Waals surface area (Å²) in [5.41, 5.74) is 2.19. The molecular weight excluding hydrogens is 310 g/mol. The van der Waals surface area contributed by atoms with Crippen molar-refractivity contribution < 1.29 is 9.90 Å². The van der Waals surface area contributed by atoms with Crippen LogP contribution >= 0.6 is 0 Å². The zero-order valence-electron chi connectivity index (χ0n) is 12.5. The Hall–Kier alpha value is -3.62. The number of aromatic carboxylic acids is 1. The van der Waals surface area contributed by atoms with Gasteiger partial charge in [-0.1, -0.05) is 5.21 Å². The Balaban J connectivity index is 1.98. The molecule has 0 saturated heterocycles. The first-order chi connectivity index (χ1) is 11.6. The Kier molecular flexibility index (Phi) is 3.05. The van der Waals surface area contributed by atoms with Crippen LogP contribution in [-0.4, -0.2) is 40.9 Å². The molecule has 0 atom stereocenters. The van der Waals surface area contributed by atoms with Crippen molar-refractivity contribution in [1.82, 2.24) is 29.8 Å². The lowest BCUT2D eigenvalue weighted by molar-refractivity contribution is 0.0692. The van der Waals surface area contributed by atoms with Crippen LogP contribution < -0.4 is 5.32 Å². The summed E-state index contributed by atoms with van der Waals surface area (Å²) in [6.07, 6.45) is 4.91. The second-order valence-electron chi connectivity index (χ2n) is 5.14. The highest BCUT2D eigenvalue weighted by atomic mass is 16.4. The van der Waals surface area contributed by atoms with Gasteiger partial charge in [0.1, 0.15) is 5.82 Å².